The molecule has 1 aliphatic rings. The number of rotatable bonds is 1. The molecule has 0 fully saturated rings. The molecular formula is C22H29N. The lowest BCUT2D eigenvalue weighted by atomic mass is 9.82. The summed E-state index contributed by atoms with van der Waals surface area (Å²) in [5.74, 6) is 0. The Morgan fingerprint density at radius 1 is 0.913 bits per heavy atom. The molecule has 1 aromatic heterocycles. The molecule has 0 bridgehead atoms. The minimum atomic E-state index is 0.161. The van der Waals surface area contributed by atoms with Gasteiger partial charge in [-0.3, -0.25) is 4.98 Å². The number of nitrogens with zero attached hydrogens (tertiary/aromatic N) is 1. The van der Waals surface area contributed by atoms with Crippen LogP contribution in [0.15, 0.2) is 36.5 Å². The molecule has 1 heterocycles. The number of benzene rings is 1. The highest BCUT2D eigenvalue weighted by Gasteiger charge is 2.42. The van der Waals surface area contributed by atoms with Crippen molar-refractivity contribution in [3.63, 3.8) is 0 Å². The number of fused-ring (bicyclic) bond motifs is 1. The van der Waals surface area contributed by atoms with E-state index in [1.54, 1.807) is 0 Å². The van der Waals surface area contributed by atoms with Crippen molar-refractivity contribution < 1.29 is 0 Å². The van der Waals surface area contributed by atoms with Crippen molar-refractivity contribution in [1.82, 2.24) is 4.98 Å². The molecule has 1 aromatic carbocycles. The molecule has 1 heteroatoms. The second-order valence-electron chi connectivity index (χ2n) is 9.39. The summed E-state index contributed by atoms with van der Waals surface area (Å²) in [6.07, 6.45) is 3.30. The summed E-state index contributed by atoms with van der Waals surface area (Å²) in [5, 5.41) is 0. The first-order valence-corrected chi connectivity index (χ1v) is 8.63. The van der Waals surface area contributed by atoms with E-state index in [1.807, 2.05) is 0 Å². The van der Waals surface area contributed by atoms with Gasteiger partial charge in [0.15, 0.2) is 0 Å². The van der Waals surface area contributed by atoms with Gasteiger partial charge in [0.2, 0.25) is 0 Å². The lowest BCUT2D eigenvalue weighted by Gasteiger charge is -2.22. The molecule has 0 spiro atoms. The van der Waals surface area contributed by atoms with Gasteiger partial charge in [0.25, 0.3) is 0 Å². The van der Waals surface area contributed by atoms with Crippen molar-refractivity contribution in [1.29, 1.82) is 0 Å². The van der Waals surface area contributed by atoms with Crippen LogP contribution in [0.1, 0.15) is 71.6 Å². The van der Waals surface area contributed by atoms with Crippen molar-refractivity contribution in [2.45, 2.75) is 71.1 Å². The minimum absolute atomic E-state index is 0.161. The fourth-order valence-corrected chi connectivity index (χ4v) is 4.15. The van der Waals surface area contributed by atoms with E-state index in [0.29, 0.717) is 0 Å². The normalized spacial score (nSPS) is 18.7. The molecule has 3 rings (SSSR count). The van der Waals surface area contributed by atoms with E-state index < -0.39 is 0 Å². The van der Waals surface area contributed by atoms with E-state index in [0.717, 1.165) is 5.69 Å². The van der Waals surface area contributed by atoms with Gasteiger partial charge in [-0.15, -0.1) is 0 Å². The first-order chi connectivity index (χ1) is 10.5. The van der Waals surface area contributed by atoms with Crippen molar-refractivity contribution >= 4 is 0 Å². The molecule has 23 heavy (non-hydrogen) atoms. The highest BCUT2D eigenvalue weighted by molar-refractivity contribution is 5.63. The zero-order valence-corrected chi connectivity index (χ0v) is 15.6. The van der Waals surface area contributed by atoms with Gasteiger partial charge < -0.3 is 0 Å². The van der Waals surface area contributed by atoms with Crippen molar-refractivity contribution in [3.8, 4) is 11.3 Å². The number of hydrogen-bond donors (Lipinski definition) is 0. The lowest BCUT2D eigenvalue weighted by molar-refractivity contribution is 0.403. The van der Waals surface area contributed by atoms with Gasteiger partial charge in [-0.25, -0.2) is 0 Å². The van der Waals surface area contributed by atoms with E-state index in [4.69, 9.17) is 4.98 Å². The third-order valence-corrected chi connectivity index (χ3v) is 5.27. The standard InChI is InChI=1S/C22H29N/c1-20(2,3)16-10-8-9-15(11-16)19-12-17-18(13-23-19)22(6,7)14-21(17,4)5/h8-13H,14H2,1-7H3. The molecule has 122 valence electrons. The van der Waals surface area contributed by atoms with Crippen LogP contribution < -0.4 is 0 Å². The van der Waals surface area contributed by atoms with E-state index >= 15 is 0 Å². The highest BCUT2D eigenvalue weighted by atomic mass is 14.7. The second kappa shape index (κ2) is 4.93. The maximum absolute atomic E-state index is 4.80. The fourth-order valence-electron chi connectivity index (χ4n) is 4.15. The Hall–Kier alpha value is -1.63. The van der Waals surface area contributed by atoms with Crippen LogP contribution in [0.2, 0.25) is 0 Å². The second-order valence-corrected chi connectivity index (χ2v) is 9.39. The maximum Gasteiger partial charge on any atom is 0.0705 e. The summed E-state index contributed by atoms with van der Waals surface area (Å²) in [6.45, 7) is 16.2. The van der Waals surface area contributed by atoms with Gasteiger partial charge in [0.05, 0.1) is 5.69 Å². The average Bonchev–Trinajstić information content (AvgIpc) is 2.63. The summed E-state index contributed by atoms with van der Waals surface area (Å²) >= 11 is 0. The highest BCUT2D eigenvalue weighted by Crippen LogP contribution is 2.49. The zero-order valence-electron chi connectivity index (χ0n) is 15.6. The lowest BCUT2D eigenvalue weighted by Crippen LogP contribution is -2.17. The van der Waals surface area contributed by atoms with E-state index in [1.165, 1.54) is 28.7 Å². The number of pyridine rings is 1. The van der Waals surface area contributed by atoms with Crippen molar-refractivity contribution in [3.05, 3.63) is 53.2 Å². The Morgan fingerprint density at radius 2 is 1.57 bits per heavy atom. The Labute approximate surface area is 141 Å². The first kappa shape index (κ1) is 16.2. The van der Waals surface area contributed by atoms with Gasteiger partial charge in [-0.2, -0.15) is 0 Å². The van der Waals surface area contributed by atoms with E-state index in [2.05, 4.69) is 85.0 Å². The maximum atomic E-state index is 4.80. The molecule has 0 saturated heterocycles. The predicted molar refractivity (Wildman–Crippen MR) is 99.0 cm³/mol. The van der Waals surface area contributed by atoms with Gasteiger partial charge in [0.1, 0.15) is 0 Å². The van der Waals surface area contributed by atoms with Crippen molar-refractivity contribution in [2.75, 3.05) is 0 Å². The molecule has 1 nitrogen and oxygen atoms in total. The smallest absolute Gasteiger partial charge is 0.0705 e. The largest absolute Gasteiger partial charge is 0.256 e. The predicted octanol–water partition coefficient (Wildman–Crippen LogP) is 6.01. The third-order valence-electron chi connectivity index (χ3n) is 5.27. The Balaban J connectivity index is 2.11. The summed E-state index contributed by atoms with van der Waals surface area (Å²) in [7, 11) is 0. The average molecular weight is 307 g/mol. The fraction of sp³-hybridized carbons (Fsp3) is 0.500. The van der Waals surface area contributed by atoms with Crippen LogP contribution in [0.5, 0.6) is 0 Å². The van der Waals surface area contributed by atoms with Crippen molar-refractivity contribution in [2.24, 2.45) is 0 Å². The van der Waals surface area contributed by atoms with E-state index in [9.17, 15) is 0 Å². The quantitative estimate of drug-likeness (QED) is 0.629. The third kappa shape index (κ3) is 2.82. The molecule has 0 saturated carbocycles. The summed E-state index contributed by atoms with van der Waals surface area (Å²) < 4.78 is 0. The SMILES string of the molecule is CC(C)(C)c1cccc(-c2cc3c(cn2)C(C)(C)CC3(C)C)c1. The minimum Gasteiger partial charge on any atom is -0.256 e. The van der Waals surface area contributed by atoms with Crippen LogP contribution in [0.4, 0.5) is 0 Å². The zero-order chi connectivity index (χ0) is 17.0. The molecule has 2 aromatic rings. The van der Waals surface area contributed by atoms with Gasteiger partial charge in [-0.05, 0) is 51.5 Å². The molecule has 0 atom stereocenters. The van der Waals surface area contributed by atoms with Crippen LogP contribution in [0, 0.1) is 0 Å². The molecular weight excluding hydrogens is 278 g/mol. The topological polar surface area (TPSA) is 12.9 Å². The van der Waals surface area contributed by atoms with Gasteiger partial charge in [-0.1, -0.05) is 66.7 Å². The van der Waals surface area contributed by atoms with Crippen LogP contribution >= 0.6 is 0 Å². The summed E-state index contributed by atoms with van der Waals surface area (Å²) in [5.41, 5.74) is 7.16. The van der Waals surface area contributed by atoms with E-state index in [-0.39, 0.29) is 16.2 Å². The molecule has 0 aliphatic heterocycles. The Kier molecular flexibility index (Phi) is 3.48. The summed E-state index contributed by atoms with van der Waals surface area (Å²) in [6, 6.07) is 11.2. The summed E-state index contributed by atoms with van der Waals surface area (Å²) in [4.78, 5) is 4.80. The molecule has 1 aliphatic carbocycles. The van der Waals surface area contributed by atoms with Gasteiger partial charge >= 0.3 is 0 Å². The molecule has 0 unspecified atom stereocenters. The van der Waals surface area contributed by atoms with Crippen LogP contribution in [0.3, 0.4) is 0 Å². The molecule has 0 N–H and O–H groups in total. The van der Waals surface area contributed by atoms with Crippen LogP contribution in [-0.2, 0) is 16.2 Å². The monoisotopic (exact) mass is 307 g/mol. The van der Waals surface area contributed by atoms with Gasteiger partial charge in [0, 0.05) is 11.8 Å². The Bertz CT molecular complexity index is 745. The first-order valence-electron chi connectivity index (χ1n) is 8.63. The molecule has 0 radical (unpaired) electrons. The number of aromatic nitrogens is 1. The Morgan fingerprint density at radius 3 is 2.22 bits per heavy atom. The molecule has 0 amide bonds. The van der Waals surface area contributed by atoms with Crippen LogP contribution in [-0.4, -0.2) is 4.98 Å². The number of hydrogen-bond acceptors (Lipinski definition) is 1. The van der Waals surface area contributed by atoms with Crippen LogP contribution in [0.25, 0.3) is 11.3 Å².